The lowest BCUT2D eigenvalue weighted by atomic mass is 9.88. The largest absolute Gasteiger partial charge is 0.375 e. The van der Waals surface area contributed by atoms with Crippen LogP contribution in [0.5, 0.6) is 0 Å². The fourth-order valence-corrected chi connectivity index (χ4v) is 2.08. The number of anilines is 1. The summed E-state index contributed by atoms with van der Waals surface area (Å²) in [6.07, 6.45) is 0.865. The van der Waals surface area contributed by atoms with E-state index < -0.39 is 0 Å². The zero-order chi connectivity index (χ0) is 12.3. The Balaban J connectivity index is 2.08. The van der Waals surface area contributed by atoms with Gasteiger partial charge in [-0.2, -0.15) is 0 Å². The van der Waals surface area contributed by atoms with Crippen LogP contribution in [0.25, 0.3) is 0 Å². The molecule has 0 atom stereocenters. The van der Waals surface area contributed by atoms with E-state index in [4.69, 9.17) is 4.74 Å². The molecule has 2 rings (SSSR count). The molecule has 4 nitrogen and oxygen atoms in total. The first-order valence-corrected chi connectivity index (χ1v) is 5.76. The summed E-state index contributed by atoms with van der Waals surface area (Å²) in [6.45, 7) is 3.28. The molecule has 0 spiro atoms. The second-order valence-electron chi connectivity index (χ2n) is 4.55. The standard InChI is InChI=1S/C13H18N2O2/c1-10(16)15-12-5-3-4-11(6-12)7-13(17-2)8-14-9-13/h3-6,14H,7-9H2,1-2H3,(H,15,16). The highest BCUT2D eigenvalue weighted by atomic mass is 16.5. The van der Waals surface area contributed by atoms with Gasteiger partial charge in [0.15, 0.2) is 0 Å². The van der Waals surface area contributed by atoms with Crippen LogP contribution >= 0.6 is 0 Å². The Hall–Kier alpha value is -1.39. The number of nitrogens with one attached hydrogen (secondary N) is 2. The molecular formula is C13H18N2O2. The van der Waals surface area contributed by atoms with Gasteiger partial charge in [-0.25, -0.2) is 0 Å². The highest BCUT2D eigenvalue weighted by molar-refractivity contribution is 5.88. The topological polar surface area (TPSA) is 50.4 Å². The minimum atomic E-state index is -0.0746. The van der Waals surface area contributed by atoms with Crippen molar-refractivity contribution in [3.63, 3.8) is 0 Å². The number of carbonyl (C=O) groups excluding carboxylic acids is 1. The molecule has 1 aromatic rings. The van der Waals surface area contributed by atoms with Crippen LogP contribution in [-0.4, -0.2) is 31.7 Å². The van der Waals surface area contributed by atoms with Gasteiger partial charge in [0.1, 0.15) is 0 Å². The molecule has 17 heavy (non-hydrogen) atoms. The van der Waals surface area contributed by atoms with E-state index in [9.17, 15) is 4.79 Å². The molecule has 1 aliphatic heterocycles. The molecule has 0 unspecified atom stereocenters. The van der Waals surface area contributed by atoms with Gasteiger partial charge in [0.25, 0.3) is 0 Å². The van der Waals surface area contributed by atoms with Crippen molar-refractivity contribution in [1.82, 2.24) is 5.32 Å². The van der Waals surface area contributed by atoms with Crippen LogP contribution in [0, 0.1) is 0 Å². The Kier molecular flexibility index (Phi) is 3.45. The zero-order valence-electron chi connectivity index (χ0n) is 10.2. The molecule has 92 valence electrons. The van der Waals surface area contributed by atoms with E-state index in [-0.39, 0.29) is 11.5 Å². The quantitative estimate of drug-likeness (QED) is 0.822. The maximum absolute atomic E-state index is 11.0. The van der Waals surface area contributed by atoms with Crippen molar-refractivity contribution >= 4 is 11.6 Å². The number of methoxy groups -OCH3 is 1. The number of carbonyl (C=O) groups is 1. The number of hydrogen-bond acceptors (Lipinski definition) is 3. The van der Waals surface area contributed by atoms with Gasteiger partial charge < -0.3 is 15.4 Å². The van der Waals surface area contributed by atoms with Crippen LogP contribution in [-0.2, 0) is 16.0 Å². The lowest BCUT2D eigenvalue weighted by Crippen LogP contribution is -2.61. The third kappa shape index (κ3) is 2.84. The summed E-state index contributed by atoms with van der Waals surface area (Å²) in [4.78, 5) is 11.0. The number of rotatable bonds is 4. The van der Waals surface area contributed by atoms with Crippen molar-refractivity contribution < 1.29 is 9.53 Å². The molecule has 0 aromatic heterocycles. The van der Waals surface area contributed by atoms with E-state index in [2.05, 4.69) is 16.7 Å². The van der Waals surface area contributed by atoms with E-state index >= 15 is 0 Å². The lowest BCUT2D eigenvalue weighted by Gasteiger charge is -2.41. The van der Waals surface area contributed by atoms with Crippen molar-refractivity contribution in [3.05, 3.63) is 29.8 Å². The SMILES string of the molecule is COC1(Cc2cccc(NC(C)=O)c2)CNC1. The highest BCUT2D eigenvalue weighted by Crippen LogP contribution is 2.23. The van der Waals surface area contributed by atoms with Crippen LogP contribution in [0.1, 0.15) is 12.5 Å². The fourth-order valence-electron chi connectivity index (χ4n) is 2.08. The van der Waals surface area contributed by atoms with Crippen LogP contribution in [0.4, 0.5) is 5.69 Å². The fraction of sp³-hybridized carbons (Fsp3) is 0.462. The molecule has 0 radical (unpaired) electrons. The number of hydrogen-bond donors (Lipinski definition) is 2. The van der Waals surface area contributed by atoms with E-state index in [1.54, 1.807) is 7.11 Å². The number of ether oxygens (including phenoxy) is 1. The smallest absolute Gasteiger partial charge is 0.221 e. The first-order valence-electron chi connectivity index (χ1n) is 5.76. The Morgan fingerprint density at radius 1 is 1.53 bits per heavy atom. The molecule has 1 amide bonds. The first kappa shape index (κ1) is 12.1. The summed E-state index contributed by atoms with van der Waals surface area (Å²) in [5, 5.41) is 6.01. The first-order chi connectivity index (χ1) is 8.13. The van der Waals surface area contributed by atoms with Crippen LogP contribution in [0.2, 0.25) is 0 Å². The molecule has 1 fully saturated rings. The third-order valence-electron chi connectivity index (χ3n) is 3.10. The van der Waals surface area contributed by atoms with Crippen molar-refractivity contribution in [3.8, 4) is 0 Å². The third-order valence-corrected chi connectivity index (χ3v) is 3.10. The molecule has 0 saturated carbocycles. The monoisotopic (exact) mass is 234 g/mol. The predicted molar refractivity (Wildman–Crippen MR) is 67.1 cm³/mol. The van der Waals surface area contributed by atoms with E-state index in [0.29, 0.717) is 0 Å². The van der Waals surface area contributed by atoms with E-state index in [1.165, 1.54) is 12.5 Å². The summed E-state index contributed by atoms with van der Waals surface area (Å²) in [5.41, 5.74) is 1.95. The molecule has 4 heteroatoms. The Bertz CT molecular complexity index is 408. The van der Waals surface area contributed by atoms with Crippen LogP contribution in [0.15, 0.2) is 24.3 Å². The Morgan fingerprint density at radius 3 is 2.82 bits per heavy atom. The second kappa shape index (κ2) is 4.85. The van der Waals surface area contributed by atoms with E-state index in [0.717, 1.165) is 25.2 Å². The average Bonchev–Trinajstić information content (AvgIpc) is 2.23. The van der Waals surface area contributed by atoms with Gasteiger partial charge in [-0.3, -0.25) is 4.79 Å². The van der Waals surface area contributed by atoms with Gasteiger partial charge in [0, 0.05) is 39.2 Å². The highest BCUT2D eigenvalue weighted by Gasteiger charge is 2.36. The van der Waals surface area contributed by atoms with Crippen molar-refractivity contribution in [2.45, 2.75) is 18.9 Å². The molecule has 1 aliphatic rings. The minimum Gasteiger partial charge on any atom is -0.375 e. The number of benzene rings is 1. The summed E-state index contributed by atoms with van der Waals surface area (Å²) in [6, 6.07) is 7.91. The Morgan fingerprint density at radius 2 is 2.29 bits per heavy atom. The maximum Gasteiger partial charge on any atom is 0.221 e. The van der Waals surface area contributed by atoms with Gasteiger partial charge in [-0.15, -0.1) is 0 Å². The normalized spacial score (nSPS) is 17.3. The molecule has 1 aromatic carbocycles. The second-order valence-corrected chi connectivity index (χ2v) is 4.55. The molecule has 0 aliphatic carbocycles. The Labute approximate surface area is 101 Å². The van der Waals surface area contributed by atoms with E-state index in [1.807, 2.05) is 18.2 Å². The zero-order valence-corrected chi connectivity index (χ0v) is 10.2. The van der Waals surface area contributed by atoms with Crippen molar-refractivity contribution in [2.24, 2.45) is 0 Å². The van der Waals surface area contributed by atoms with Gasteiger partial charge in [-0.1, -0.05) is 12.1 Å². The average molecular weight is 234 g/mol. The summed E-state index contributed by atoms with van der Waals surface area (Å²) < 4.78 is 5.55. The van der Waals surface area contributed by atoms with Gasteiger partial charge in [0.05, 0.1) is 5.60 Å². The van der Waals surface area contributed by atoms with Gasteiger partial charge in [0.2, 0.25) is 5.91 Å². The summed E-state index contributed by atoms with van der Waals surface area (Å²) in [5.74, 6) is -0.0473. The van der Waals surface area contributed by atoms with Gasteiger partial charge >= 0.3 is 0 Å². The predicted octanol–water partition coefficient (Wildman–Crippen LogP) is 1.18. The lowest BCUT2D eigenvalue weighted by molar-refractivity contribution is -0.114. The van der Waals surface area contributed by atoms with Crippen LogP contribution < -0.4 is 10.6 Å². The number of amides is 1. The molecule has 2 N–H and O–H groups in total. The minimum absolute atomic E-state index is 0.0473. The summed E-state index contributed by atoms with van der Waals surface area (Å²) >= 11 is 0. The molecular weight excluding hydrogens is 216 g/mol. The van der Waals surface area contributed by atoms with Crippen molar-refractivity contribution in [1.29, 1.82) is 0 Å². The maximum atomic E-state index is 11.0. The van der Waals surface area contributed by atoms with Crippen LogP contribution in [0.3, 0.4) is 0 Å². The van der Waals surface area contributed by atoms with Gasteiger partial charge in [-0.05, 0) is 17.7 Å². The summed E-state index contributed by atoms with van der Waals surface area (Å²) in [7, 11) is 1.75. The van der Waals surface area contributed by atoms with Crippen molar-refractivity contribution in [2.75, 3.05) is 25.5 Å². The molecule has 1 heterocycles. The molecule has 0 bridgehead atoms. The molecule has 1 saturated heterocycles.